The zero-order chi connectivity index (χ0) is 33.7. The van der Waals surface area contributed by atoms with Crippen LogP contribution in [0, 0.1) is 0 Å². The number of furan rings is 1. The van der Waals surface area contributed by atoms with Crippen LogP contribution in [0.25, 0.3) is 99.6 Å². The summed E-state index contributed by atoms with van der Waals surface area (Å²) in [5.74, 6) is 0.631. The second-order valence-electron chi connectivity index (χ2n) is 13.0. The fraction of sp³-hybridized carbons (Fsp3) is 0. The SMILES string of the molecule is c1ccc(-c2ccc(-c3cc(-c4nc(-c5ccc(-c6ccccc6)cc5)c5ccccc5n4)c4oc5ccc6ccccc6c5c4c3)cc2)cc1. The van der Waals surface area contributed by atoms with Gasteiger partial charge in [-0.15, -0.1) is 0 Å². The lowest BCUT2D eigenvalue weighted by molar-refractivity contribution is 0.670. The highest BCUT2D eigenvalue weighted by atomic mass is 16.3. The summed E-state index contributed by atoms with van der Waals surface area (Å²) >= 11 is 0. The summed E-state index contributed by atoms with van der Waals surface area (Å²) < 4.78 is 6.76. The van der Waals surface area contributed by atoms with Gasteiger partial charge in [-0.25, -0.2) is 9.97 Å². The third kappa shape index (κ3) is 5.06. The Labute approximate surface area is 295 Å². The molecule has 0 unspecified atom stereocenters. The fourth-order valence-electron chi connectivity index (χ4n) is 7.34. The Balaban J connectivity index is 1.20. The molecule has 8 aromatic carbocycles. The molecule has 0 amide bonds. The van der Waals surface area contributed by atoms with Crippen molar-refractivity contribution in [3.05, 3.63) is 182 Å². The van der Waals surface area contributed by atoms with E-state index in [9.17, 15) is 0 Å². The van der Waals surface area contributed by atoms with Gasteiger partial charge in [-0.05, 0) is 68.4 Å². The third-order valence-corrected chi connectivity index (χ3v) is 9.90. The number of hydrogen-bond acceptors (Lipinski definition) is 3. The summed E-state index contributed by atoms with van der Waals surface area (Å²) in [5.41, 5.74) is 12.2. The van der Waals surface area contributed by atoms with Crippen molar-refractivity contribution < 1.29 is 4.42 Å². The van der Waals surface area contributed by atoms with Crippen molar-refractivity contribution in [2.75, 3.05) is 0 Å². The standard InChI is InChI=1S/C48H30N2O/c1-3-11-31(12-4-1)33-19-21-35(22-20-33)38-29-41-45-39-16-8-7-15-36(39)27-28-44(45)51-47(41)42(30-38)48-49-43-18-10-9-17-40(43)46(50-48)37-25-23-34(24-26-37)32-13-5-2-6-14-32/h1-30H. The minimum absolute atomic E-state index is 0.631. The lowest BCUT2D eigenvalue weighted by Crippen LogP contribution is -1.96. The van der Waals surface area contributed by atoms with Gasteiger partial charge >= 0.3 is 0 Å². The van der Waals surface area contributed by atoms with Crippen LogP contribution in [0.15, 0.2) is 186 Å². The van der Waals surface area contributed by atoms with Crippen LogP contribution in [0.1, 0.15) is 0 Å². The molecule has 0 bridgehead atoms. The maximum absolute atomic E-state index is 6.76. The second kappa shape index (κ2) is 11.9. The number of rotatable bonds is 5. The molecule has 0 saturated carbocycles. The second-order valence-corrected chi connectivity index (χ2v) is 13.0. The van der Waals surface area contributed by atoms with Crippen LogP contribution < -0.4 is 0 Å². The lowest BCUT2D eigenvalue weighted by atomic mass is 9.95. The van der Waals surface area contributed by atoms with Crippen molar-refractivity contribution >= 4 is 43.6 Å². The number of aromatic nitrogens is 2. The van der Waals surface area contributed by atoms with Gasteiger partial charge in [-0.2, -0.15) is 0 Å². The first-order chi connectivity index (χ1) is 25.3. The van der Waals surface area contributed by atoms with Gasteiger partial charge in [-0.3, -0.25) is 0 Å². The maximum atomic E-state index is 6.76. The van der Waals surface area contributed by atoms with E-state index in [1.54, 1.807) is 0 Å². The lowest BCUT2D eigenvalue weighted by Gasteiger charge is -2.12. The molecule has 0 saturated heterocycles. The van der Waals surface area contributed by atoms with Crippen LogP contribution in [0.3, 0.4) is 0 Å². The van der Waals surface area contributed by atoms with Crippen LogP contribution in [-0.2, 0) is 0 Å². The topological polar surface area (TPSA) is 38.9 Å². The molecule has 0 aliphatic heterocycles. The number of hydrogen-bond donors (Lipinski definition) is 0. The van der Waals surface area contributed by atoms with E-state index >= 15 is 0 Å². The van der Waals surface area contributed by atoms with Crippen LogP contribution >= 0.6 is 0 Å². The molecular weight excluding hydrogens is 621 g/mol. The van der Waals surface area contributed by atoms with E-state index in [1.165, 1.54) is 27.6 Å². The fourth-order valence-corrected chi connectivity index (χ4v) is 7.34. The molecule has 0 fully saturated rings. The summed E-state index contributed by atoms with van der Waals surface area (Å²) in [5, 5.41) is 5.50. The van der Waals surface area contributed by atoms with Gasteiger partial charge in [0.25, 0.3) is 0 Å². The summed E-state index contributed by atoms with van der Waals surface area (Å²) in [7, 11) is 0. The number of para-hydroxylation sites is 1. The molecule has 0 atom stereocenters. The van der Waals surface area contributed by atoms with E-state index in [2.05, 4.69) is 164 Å². The Morgan fingerprint density at radius 2 is 0.922 bits per heavy atom. The Morgan fingerprint density at radius 3 is 1.61 bits per heavy atom. The smallest absolute Gasteiger partial charge is 0.164 e. The van der Waals surface area contributed by atoms with Crippen LogP contribution in [0.2, 0.25) is 0 Å². The Hall–Kier alpha value is -6.84. The van der Waals surface area contributed by atoms with Crippen LogP contribution in [-0.4, -0.2) is 9.97 Å². The molecule has 0 spiro atoms. The molecule has 10 aromatic rings. The van der Waals surface area contributed by atoms with Crippen molar-refractivity contribution in [1.29, 1.82) is 0 Å². The molecule has 0 aliphatic carbocycles. The molecular formula is C48H30N2O. The van der Waals surface area contributed by atoms with E-state index in [4.69, 9.17) is 14.4 Å². The zero-order valence-corrected chi connectivity index (χ0v) is 27.6. The highest BCUT2D eigenvalue weighted by molar-refractivity contribution is 6.21. The van der Waals surface area contributed by atoms with Gasteiger partial charge in [0.15, 0.2) is 5.82 Å². The predicted molar refractivity (Wildman–Crippen MR) is 212 cm³/mol. The van der Waals surface area contributed by atoms with Crippen molar-refractivity contribution in [2.45, 2.75) is 0 Å². The van der Waals surface area contributed by atoms with Crippen molar-refractivity contribution in [3.63, 3.8) is 0 Å². The van der Waals surface area contributed by atoms with E-state index in [-0.39, 0.29) is 0 Å². The molecule has 0 aliphatic rings. The first kappa shape index (κ1) is 29.1. The molecule has 3 heteroatoms. The summed E-state index contributed by atoms with van der Waals surface area (Å²) in [6.45, 7) is 0. The number of fused-ring (bicyclic) bond motifs is 6. The Kier molecular flexibility index (Phi) is 6.81. The van der Waals surface area contributed by atoms with Gasteiger partial charge in [0.05, 0.1) is 16.8 Å². The average Bonchev–Trinajstić information content (AvgIpc) is 3.60. The third-order valence-electron chi connectivity index (χ3n) is 9.90. The molecule has 2 heterocycles. The van der Waals surface area contributed by atoms with Gasteiger partial charge < -0.3 is 4.42 Å². The molecule has 10 rings (SSSR count). The first-order valence-electron chi connectivity index (χ1n) is 17.2. The maximum Gasteiger partial charge on any atom is 0.164 e. The van der Waals surface area contributed by atoms with Crippen molar-refractivity contribution in [2.24, 2.45) is 0 Å². The number of benzene rings is 8. The molecule has 51 heavy (non-hydrogen) atoms. The minimum atomic E-state index is 0.631. The molecule has 0 N–H and O–H groups in total. The summed E-state index contributed by atoms with van der Waals surface area (Å²) in [6, 6.07) is 63.8. The zero-order valence-electron chi connectivity index (χ0n) is 27.6. The van der Waals surface area contributed by atoms with E-state index in [1.807, 2.05) is 18.2 Å². The highest BCUT2D eigenvalue weighted by Crippen LogP contribution is 2.42. The highest BCUT2D eigenvalue weighted by Gasteiger charge is 2.20. The van der Waals surface area contributed by atoms with E-state index in [0.717, 1.165) is 66.2 Å². The number of nitrogens with zero attached hydrogens (tertiary/aromatic N) is 2. The monoisotopic (exact) mass is 650 g/mol. The minimum Gasteiger partial charge on any atom is -0.455 e. The van der Waals surface area contributed by atoms with Crippen molar-refractivity contribution in [1.82, 2.24) is 9.97 Å². The van der Waals surface area contributed by atoms with Crippen molar-refractivity contribution in [3.8, 4) is 56.0 Å². The predicted octanol–water partition coefficient (Wildman–Crippen LogP) is 13.0. The largest absolute Gasteiger partial charge is 0.455 e. The van der Waals surface area contributed by atoms with E-state index < -0.39 is 0 Å². The summed E-state index contributed by atoms with van der Waals surface area (Å²) in [6.07, 6.45) is 0. The Bertz CT molecular complexity index is 2870. The van der Waals surface area contributed by atoms with Gasteiger partial charge in [0.2, 0.25) is 0 Å². The first-order valence-corrected chi connectivity index (χ1v) is 17.2. The molecule has 3 nitrogen and oxygen atoms in total. The Morgan fingerprint density at radius 1 is 0.373 bits per heavy atom. The van der Waals surface area contributed by atoms with Crippen LogP contribution in [0.4, 0.5) is 0 Å². The van der Waals surface area contributed by atoms with Crippen LogP contribution in [0.5, 0.6) is 0 Å². The summed E-state index contributed by atoms with van der Waals surface area (Å²) in [4.78, 5) is 10.5. The van der Waals surface area contributed by atoms with E-state index in [0.29, 0.717) is 5.82 Å². The van der Waals surface area contributed by atoms with Gasteiger partial charge in [0.1, 0.15) is 11.2 Å². The van der Waals surface area contributed by atoms with Gasteiger partial charge in [0, 0.05) is 21.7 Å². The van der Waals surface area contributed by atoms with Gasteiger partial charge in [-0.1, -0.05) is 158 Å². The molecule has 2 aromatic heterocycles. The average molecular weight is 651 g/mol. The molecule has 238 valence electrons. The molecule has 0 radical (unpaired) electrons. The quantitative estimate of drug-likeness (QED) is 0.186. The normalized spacial score (nSPS) is 11.5.